The molecule has 0 amide bonds. The topological polar surface area (TPSA) is 12.0 Å². The Hall–Kier alpha value is -1.19. The highest BCUT2D eigenvalue weighted by molar-refractivity contribution is 5.46. The molecule has 1 nitrogen and oxygen atoms in total. The van der Waals surface area contributed by atoms with E-state index in [4.69, 9.17) is 0 Å². The van der Waals surface area contributed by atoms with Gasteiger partial charge in [-0.1, -0.05) is 13.8 Å². The predicted molar refractivity (Wildman–Crippen MR) is 54.2 cm³/mol. The van der Waals surface area contributed by atoms with Gasteiger partial charge in [-0.3, -0.25) is 0 Å². The Bertz CT molecular complexity index is 350. The molecule has 0 fully saturated rings. The summed E-state index contributed by atoms with van der Waals surface area (Å²) >= 11 is 0. The van der Waals surface area contributed by atoms with Crippen LogP contribution in [0.1, 0.15) is 20.8 Å². The average Bonchev–Trinajstić information content (AvgIpc) is 2.18. The van der Waals surface area contributed by atoms with E-state index >= 15 is 0 Å². The second-order valence-corrected chi connectivity index (χ2v) is 3.90. The van der Waals surface area contributed by atoms with Gasteiger partial charge in [-0.2, -0.15) is 0 Å². The molecule has 84 valence electrons. The predicted octanol–water partition coefficient (Wildman–Crippen LogP) is 3.56. The SMILES string of the molecule is CC(C)C(C)Nc1ccc(F)c(F)c1F. The van der Waals surface area contributed by atoms with Gasteiger partial charge in [0.05, 0.1) is 5.69 Å². The number of halogens is 3. The van der Waals surface area contributed by atoms with E-state index in [2.05, 4.69) is 5.32 Å². The number of nitrogens with one attached hydrogen (secondary N) is 1. The Kier molecular flexibility index (Phi) is 3.61. The summed E-state index contributed by atoms with van der Waals surface area (Å²) in [5.41, 5.74) is -0.00454. The second-order valence-electron chi connectivity index (χ2n) is 3.90. The van der Waals surface area contributed by atoms with Crippen molar-refractivity contribution in [2.75, 3.05) is 5.32 Å². The van der Waals surface area contributed by atoms with Crippen molar-refractivity contribution in [2.24, 2.45) is 5.92 Å². The van der Waals surface area contributed by atoms with E-state index < -0.39 is 17.5 Å². The molecule has 0 aliphatic heterocycles. The molecule has 0 spiro atoms. The summed E-state index contributed by atoms with van der Waals surface area (Å²) in [5, 5.41) is 2.80. The van der Waals surface area contributed by atoms with Crippen molar-refractivity contribution in [1.82, 2.24) is 0 Å². The van der Waals surface area contributed by atoms with E-state index in [1.165, 1.54) is 6.07 Å². The lowest BCUT2D eigenvalue weighted by Gasteiger charge is -2.19. The fourth-order valence-corrected chi connectivity index (χ4v) is 1.05. The Morgan fingerprint density at radius 3 is 2.13 bits per heavy atom. The Morgan fingerprint density at radius 2 is 1.60 bits per heavy atom. The van der Waals surface area contributed by atoms with Crippen LogP contribution in [0, 0.1) is 23.4 Å². The minimum atomic E-state index is -1.43. The van der Waals surface area contributed by atoms with E-state index in [1.807, 2.05) is 20.8 Å². The minimum absolute atomic E-state index is 0.00454. The smallest absolute Gasteiger partial charge is 0.196 e. The molecule has 0 saturated carbocycles. The van der Waals surface area contributed by atoms with Crippen LogP contribution in [0.2, 0.25) is 0 Å². The fourth-order valence-electron chi connectivity index (χ4n) is 1.05. The summed E-state index contributed by atoms with van der Waals surface area (Å²) in [4.78, 5) is 0. The number of anilines is 1. The highest BCUT2D eigenvalue weighted by Crippen LogP contribution is 2.21. The summed E-state index contributed by atoms with van der Waals surface area (Å²) in [6.45, 7) is 5.76. The van der Waals surface area contributed by atoms with Crippen LogP contribution in [0.15, 0.2) is 12.1 Å². The Balaban J connectivity index is 2.92. The second kappa shape index (κ2) is 4.55. The first kappa shape index (κ1) is 11.9. The standard InChI is InChI=1S/C11H14F3N/c1-6(2)7(3)15-9-5-4-8(12)10(13)11(9)14/h4-7,15H,1-3H3. The van der Waals surface area contributed by atoms with Gasteiger partial charge in [0, 0.05) is 6.04 Å². The molecule has 0 saturated heterocycles. The van der Waals surface area contributed by atoms with Crippen molar-refractivity contribution in [3.05, 3.63) is 29.6 Å². The van der Waals surface area contributed by atoms with Crippen molar-refractivity contribution >= 4 is 5.69 Å². The third kappa shape index (κ3) is 2.64. The number of rotatable bonds is 3. The first-order chi connectivity index (χ1) is 6.93. The molecule has 1 aromatic rings. The van der Waals surface area contributed by atoms with Gasteiger partial charge in [0.15, 0.2) is 17.5 Å². The molecule has 0 aliphatic carbocycles. The summed E-state index contributed by atoms with van der Waals surface area (Å²) in [6.07, 6.45) is 0. The lowest BCUT2D eigenvalue weighted by Crippen LogP contribution is -2.22. The van der Waals surface area contributed by atoms with Crippen LogP contribution in [-0.4, -0.2) is 6.04 Å². The van der Waals surface area contributed by atoms with E-state index in [0.29, 0.717) is 0 Å². The molecule has 0 aromatic heterocycles. The molecule has 1 atom stereocenters. The van der Waals surface area contributed by atoms with E-state index in [-0.39, 0.29) is 17.6 Å². The molecule has 4 heteroatoms. The molecule has 0 heterocycles. The Morgan fingerprint density at radius 1 is 1.00 bits per heavy atom. The van der Waals surface area contributed by atoms with Crippen LogP contribution in [-0.2, 0) is 0 Å². The maximum atomic E-state index is 13.2. The van der Waals surface area contributed by atoms with E-state index in [0.717, 1.165) is 6.07 Å². The maximum Gasteiger partial charge on any atom is 0.196 e. The third-order valence-electron chi connectivity index (χ3n) is 2.42. The van der Waals surface area contributed by atoms with Crippen LogP contribution in [0.5, 0.6) is 0 Å². The van der Waals surface area contributed by atoms with Crippen LogP contribution in [0.3, 0.4) is 0 Å². The van der Waals surface area contributed by atoms with Crippen molar-refractivity contribution in [3.63, 3.8) is 0 Å². The highest BCUT2D eigenvalue weighted by Gasteiger charge is 2.15. The zero-order valence-corrected chi connectivity index (χ0v) is 8.94. The Labute approximate surface area is 87.3 Å². The van der Waals surface area contributed by atoms with Crippen molar-refractivity contribution in [3.8, 4) is 0 Å². The lowest BCUT2D eigenvalue weighted by atomic mass is 10.1. The van der Waals surface area contributed by atoms with Crippen LogP contribution < -0.4 is 5.32 Å². The van der Waals surface area contributed by atoms with Gasteiger partial charge >= 0.3 is 0 Å². The first-order valence-corrected chi connectivity index (χ1v) is 4.83. The molecule has 0 aliphatic rings. The van der Waals surface area contributed by atoms with Crippen LogP contribution in [0.4, 0.5) is 18.9 Å². The van der Waals surface area contributed by atoms with E-state index in [1.54, 1.807) is 0 Å². The largest absolute Gasteiger partial charge is 0.380 e. The van der Waals surface area contributed by atoms with Gasteiger partial charge in [0.1, 0.15) is 0 Å². The zero-order chi connectivity index (χ0) is 11.6. The normalized spacial score (nSPS) is 13.0. The lowest BCUT2D eigenvalue weighted by molar-refractivity contribution is 0.447. The van der Waals surface area contributed by atoms with Gasteiger partial charge in [-0.15, -0.1) is 0 Å². The molecule has 15 heavy (non-hydrogen) atoms. The molecule has 1 aromatic carbocycles. The first-order valence-electron chi connectivity index (χ1n) is 4.83. The van der Waals surface area contributed by atoms with Crippen molar-refractivity contribution in [1.29, 1.82) is 0 Å². The quantitative estimate of drug-likeness (QED) is 0.763. The molecular formula is C11H14F3N. The van der Waals surface area contributed by atoms with Gasteiger partial charge in [0.2, 0.25) is 0 Å². The van der Waals surface area contributed by atoms with Crippen molar-refractivity contribution in [2.45, 2.75) is 26.8 Å². The average molecular weight is 217 g/mol. The van der Waals surface area contributed by atoms with Gasteiger partial charge in [-0.05, 0) is 25.0 Å². The third-order valence-corrected chi connectivity index (χ3v) is 2.42. The molecule has 1 rings (SSSR count). The van der Waals surface area contributed by atoms with Crippen molar-refractivity contribution < 1.29 is 13.2 Å². The van der Waals surface area contributed by atoms with E-state index in [9.17, 15) is 13.2 Å². The van der Waals surface area contributed by atoms with Gasteiger partial charge < -0.3 is 5.32 Å². The maximum absolute atomic E-state index is 13.2. The molecule has 1 unspecified atom stereocenters. The van der Waals surface area contributed by atoms with Crippen LogP contribution >= 0.6 is 0 Å². The fraction of sp³-hybridized carbons (Fsp3) is 0.455. The summed E-state index contributed by atoms with van der Waals surface area (Å²) in [7, 11) is 0. The molecule has 1 N–H and O–H groups in total. The van der Waals surface area contributed by atoms with Gasteiger partial charge in [0.25, 0.3) is 0 Å². The molecule has 0 bridgehead atoms. The number of hydrogen-bond donors (Lipinski definition) is 1. The highest BCUT2D eigenvalue weighted by atomic mass is 19.2. The van der Waals surface area contributed by atoms with Crippen LogP contribution in [0.25, 0.3) is 0 Å². The summed E-state index contributed by atoms with van der Waals surface area (Å²) < 4.78 is 38.7. The summed E-state index contributed by atoms with van der Waals surface area (Å²) in [5.74, 6) is -3.49. The minimum Gasteiger partial charge on any atom is -0.380 e. The number of hydrogen-bond acceptors (Lipinski definition) is 1. The molecule has 0 radical (unpaired) electrons. The summed E-state index contributed by atoms with van der Waals surface area (Å²) in [6, 6.07) is 2.10. The van der Waals surface area contributed by atoms with Gasteiger partial charge in [-0.25, -0.2) is 13.2 Å². The number of benzene rings is 1. The monoisotopic (exact) mass is 217 g/mol. The zero-order valence-electron chi connectivity index (χ0n) is 8.94. The molecular weight excluding hydrogens is 203 g/mol.